The molecule has 0 amide bonds. The molecule has 0 saturated heterocycles. The maximum absolute atomic E-state index is 5.35. The van der Waals surface area contributed by atoms with Crippen molar-refractivity contribution in [1.29, 1.82) is 0 Å². The number of anilines is 1. The number of hydrogen-bond acceptors (Lipinski definition) is 5. The Bertz CT molecular complexity index is 428. The van der Waals surface area contributed by atoms with Gasteiger partial charge >= 0.3 is 0 Å². The number of nitrogens with zero attached hydrogens (tertiary/aromatic N) is 3. The molecule has 0 radical (unpaired) electrons. The first kappa shape index (κ1) is 7.37. The largest absolute Gasteiger partial charge is 0.493 e. The number of rotatable bonds is 0. The first-order valence-electron chi connectivity index (χ1n) is 4.18. The third-order valence-corrected chi connectivity index (χ3v) is 2.06. The van der Waals surface area contributed by atoms with E-state index in [1.807, 2.05) is 11.1 Å². The predicted molar refractivity (Wildman–Crippen MR) is 48.3 cm³/mol. The van der Waals surface area contributed by atoms with Gasteiger partial charge in [-0.3, -0.25) is 4.90 Å². The normalized spacial score (nSPS) is 17.4. The average Bonchev–Trinajstić information content (AvgIpc) is 2.29. The third-order valence-electron chi connectivity index (χ3n) is 2.06. The molecule has 1 aromatic heterocycles. The van der Waals surface area contributed by atoms with Crippen LogP contribution in [-0.4, -0.2) is 16.6 Å². The van der Waals surface area contributed by atoms with Gasteiger partial charge in [-0.15, -0.1) is 0 Å². The summed E-state index contributed by atoms with van der Waals surface area (Å²) in [6, 6.07) is 0. The van der Waals surface area contributed by atoms with Crippen LogP contribution in [0.25, 0.3) is 0 Å². The summed E-state index contributed by atoms with van der Waals surface area (Å²) >= 11 is 0. The zero-order valence-corrected chi connectivity index (χ0v) is 7.25. The maximum Gasteiger partial charge on any atom is 0.188 e. The molecule has 0 N–H and O–H groups in total. The van der Waals surface area contributed by atoms with Crippen LogP contribution in [-0.2, 0) is 4.74 Å². The topological polar surface area (TPSA) is 47.5 Å². The standard InChI is InChI=1S/C9H7N3O2/c1-2-13-4-7-5-14-8-3-10-6-11-9(8)12(1)7/h1-3,5-6H,4H2. The molecule has 2 aliphatic rings. The molecule has 0 saturated carbocycles. The number of ether oxygens (including phenoxy) is 2. The molecular formula is C9H7N3O2. The summed E-state index contributed by atoms with van der Waals surface area (Å²) in [4.78, 5) is 9.95. The monoisotopic (exact) mass is 189 g/mol. The molecule has 0 aromatic carbocycles. The lowest BCUT2D eigenvalue weighted by atomic mass is 10.3. The summed E-state index contributed by atoms with van der Waals surface area (Å²) in [6.45, 7) is 0.500. The first-order chi connectivity index (χ1) is 6.95. The van der Waals surface area contributed by atoms with Crippen LogP contribution in [0, 0.1) is 0 Å². The Kier molecular flexibility index (Phi) is 1.44. The molecule has 0 aliphatic carbocycles. The van der Waals surface area contributed by atoms with E-state index in [-0.39, 0.29) is 0 Å². The molecule has 0 fully saturated rings. The van der Waals surface area contributed by atoms with Crippen molar-refractivity contribution in [3.63, 3.8) is 0 Å². The average molecular weight is 189 g/mol. The maximum atomic E-state index is 5.35. The summed E-state index contributed by atoms with van der Waals surface area (Å²) in [5.41, 5.74) is 0.929. The Hall–Kier alpha value is -2.04. The van der Waals surface area contributed by atoms with Gasteiger partial charge in [-0.25, -0.2) is 9.97 Å². The summed E-state index contributed by atoms with van der Waals surface area (Å²) in [6.07, 6.45) is 8.22. The Labute approximate surface area is 80.3 Å². The minimum atomic E-state index is 0.500. The van der Waals surface area contributed by atoms with Gasteiger partial charge in [-0.05, 0) is 0 Å². The lowest BCUT2D eigenvalue weighted by molar-refractivity contribution is 0.260. The van der Waals surface area contributed by atoms with E-state index in [1.165, 1.54) is 6.33 Å². The smallest absolute Gasteiger partial charge is 0.188 e. The summed E-state index contributed by atoms with van der Waals surface area (Å²) in [7, 11) is 0. The van der Waals surface area contributed by atoms with Crippen LogP contribution in [0.15, 0.2) is 36.9 Å². The van der Waals surface area contributed by atoms with Crippen LogP contribution in [0.5, 0.6) is 5.75 Å². The van der Waals surface area contributed by atoms with Gasteiger partial charge in [-0.1, -0.05) is 0 Å². The SMILES string of the molecule is C1=CN2C(=COc3cncnc32)CO1. The van der Waals surface area contributed by atoms with Gasteiger partial charge in [0.2, 0.25) is 0 Å². The van der Waals surface area contributed by atoms with Crippen LogP contribution >= 0.6 is 0 Å². The van der Waals surface area contributed by atoms with E-state index in [0.29, 0.717) is 12.4 Å². The van der Waals surface area contributed by atoms with Crippen LogP contribution in [0.3, 0.4) is 0 Å². The molecule has 0 atom stereocenters. The van der Waals surface area contributed by atoms with Gasteiger partial charge in [0.1, 0.15) is 25.5 Å². The van der Waals surface area contributed by atoms with Crippen LogP contribution in [0.2, 0.25) is 0 Å². The molecule has 14 heavy (non-hydrogen) atoms. The van der Waals surface area contributed by atoms with Crippen molar-refractivity contribution in [2.24, 2.45) is 0 Å². The van der Waals surface area contributed by atoms with Gasteiger partial charge in [0.05, 0.1) is 11.9 Å². The quantitative estimate of drug-likeness (QED) is 0.609. The number of aromatic nitrogens is 2. The first-order valence-corrected chi connectivity index (χ1v) is 4.18. The van der Waals surface area contributed by atoms with Crippen molar-refractivity contribution >= 4 is 5.82 Å². The highest BCUT2D eigenvalue weighted by atomic mass is 16.5. The van der Waals surface area contributed by atoms with Gasteiger partial charge in [0, 0.05) is 6.20 Å². The van der Waals surface area contributed by atoms with Crippen molar-refractivity contribution in [2.75, 3.05) is 11.5 Å². The molecule has 3 rings (SSSR count). The fourth-order valence-electron chi connectivity index (χ4n) is 1.41. The lowest BCUT2D eigenvalue weighted by Gasteiger charge is -2.29. The van der Waals surface area contributed by atoms with E-state index >= 15 is 0 Å². The highest BCUT2D eigenvalue weighted by Crippen LogP contribution is 2.33. The van der Waals surface area contributed by atoms with Gasteiger partial charge in [-0.2, -0.15) is 0 Å². The third kappa shape index (κ3) is 0.953. The van der Waals surface area contributed by atoms with Crippen molar-refractivity contribution in [3.8, 4) is 5.75 Å². The highest BCUT2D eigenvalue weighted by molar-refractivity contribution is 5.60. The van der Waals surface area contributed by atoms with Crippen molar-refractivity contribution < 1.29 is 9.47 Å². The van der Waals surface area contributed by atoms with Crippen LogP contribution < -0.4 is 9.64 Å². The lowest BCUT2D eigenvalue weighted by Crippen LogP contribution is -2.26. The predicted octanol–water partition coefficient (Wildman–Crippen LogP) is 1.02. The molecule has 1 aromatic rings. The second-order valence-corrected chi connectivity index (χ2v) is 2.90. The summed E-state index contributed by atoms with van der Waals surface area (Å²) in [5.74, 6) is 1.40. The molecule has 0 unspecified atom stereocenters. The molecular weight excluding hydrogens is 182 g/mol. The van der Waals surface area contributed by atoms with Gasteiger partial charge in [0.25, 0.3) is 0 Å². The fourth-order valence-corrected chi connectivity index (χ4v) is 1.41. The Morgan fingerprint density at radius 3 is 3.43 bits per heavy atom. The Morgan fingerprint density at radius 1 is 1.43 bits per heavy atom. The van der Waals surface area contributed by atoms with Crippen LogP contribution in [0.1, 0.15) is 0 Å². The molecule has 0 bridgehead atoms. The molecule has 5 nitrogen and oxygen atoms in total. The number of hydrogen-bond donors (Lipinski definition) is 0. The van der Waals surface area contributed by atoms with Crippen LogP contribution in [0.4, 0.5) is 5.82 Å². The molecule has 2 aliphatic heterocycles. The molecule has 5 heteroatoms. The zero-order valence-electron chi connectivity index (χ0n) is 7.25. The summed E-state index contributed by atoms with van der Waals surface area (Å²) < 4.78 is 10.5. The van der Waals surface area contributed by atoms with Crippen molar-refractivity contribution in [1.82, 2.24) is 9.97 Å². The minimum Gasteiger partial charge on any atom is -0.493 e. The molecule has 70 valence electrons. The fraction of sp³-hybridized carbons (Fsp3) is 0.111. The van der Waals surface area contributed by atoms with Gasteiger partial charge < -0.3 is 9.47 Å². The Morgan fingerprint density at radius 2 is 2.43 bits per heavy atom. The van der Waals surface area contributed by atoms with E-state index in [1.54, 1.807) is 18.7 Å². The number of fused-ring (bicyclic) bond motifs is 3. The van der Waals surface area contributed by atoms with E-state index in [4.69, 9.17) is 9.47 Å². The zero-order chi connectivity index (χ0) is 9.38. The van der Waals surface area contributed by atoms with E-state index in [0.717, 1.165) is 11.5 Å². The van der Waals surface area contributed by atoms with Gasteiger partial charge in [0.15, 0.2) is 11.6 Å². The minimum absolute atomic E-state index is 0.500. The molecule has 0 spiro atoms. The second kappa shape index (κ2) is 2.73. The summed E-state index contributed by atoms with van der Waals surface area (Å²) in [5, 5.41) is 0. The van der Waals surface area contributed by atoms with E-state index in [2.05, 4.69) is 9.97 Å². The highest BCUT2D eigenvalue weighted by Gasteiger charge is 2.23. The van der Waals surface area contributed by atoms with Crippen molar-refractivity contribution in [2.45, 2.75) is 0 Å². The van der Waals surface area contributed by atoms with Crippen molar-refractivity contribution in [3.05, 3.63) is 36.9 Å². The second-order valence-electron chi connectivity index (χ2n) is 2.90. The Balaban J connectivity index is 2.13. The molecule has 3 heterocycles. The van der Waals surface area contributed by atoms with E-state index in [9.17, 15) is 0 Å². The van der Waals surface area contributed by atoms with E-state index < -0.39 is 0 Å².